The fraction of sp³-hybridized carbons (Fsp3) is 0.739. The minimum atomic E-state index is -4.15. The van der Waals surface area contributed by atoms with Gasteiger partial charge in [-0.25, -0.2) is 9.59 Å². The van der Waals surface area contributed by atoms with Crippen molar-refractivity contribution in [2.24, 2.45) is 0 Å². The SMILES string of the molecule is C=CC(=O)OC(CCC)OC(OCCCC)P(=O)(OCCCC)OC(CCC)OC(=O)C=C. The van der Waals surface area contributed by atoms with Crippen molar-refractivity contribution in [3.05, 3.63) is 25.3 Å². The Bertz CT molecular complexity index is 623. The lowest BCUT2D eigenvalue weighted by Gasteiger charge is -2.31. The maximum absolute atomic E-state index is 14.0. The molecule has 0 aromatic rings. The van der Waals surface area contributed by atoms with Gasteiger partial charge in [-0.2, -0.15) is 0 Å². The number of hydrogen-bond donors (Lipinski definition) is 0. The van der Waals surface area contributed by atoms with Crippen LogP contribution in [0.3, 0.4) is 0 Å². The van der Waals surface area contributed by atoms with Gasteiger partial charge < -0.3 is 23.5 Å². The molecule has 4 unspecified atom stereocenters. The predicted molar refractivity (Wildman–Crippen MR) is 125 cm³/mol. The summed E-state index contributed by atoms with van der Waals surface area (Å²) in [6, 6.07) is -1.49. The molecule has 4 atom stereocenters. The summed E-state index contributed by atoms with van der Waals surface area (Å²) in [5, 5.41) is 0. The molecule has 0 bridgehead atoms. The summed E-state index contributed by atoms with van der Waals surface area (Å²) in [7, 11) is -4.15. The highest BCUT2D eigenvalue weighted by Gasteiger charge is 2.43. The topological polar surface area (TPSA) is 107 Å². The van der Waals surface area contributed by atoms with Gasteiger partial charge in [0.15, 0.2) is 0 Å². The van der Waals surface area contributed by atoms with Gasteiger partial charge in [0.2, 0.25) is 12.6 Å². The van der Waals surface area contributed by atoms with E-state index in [2.05, 4.69) is 13.2 Å². The van der Waals surface area contributed by atoms with Crippen LogP contribution in [-0.2, 0) is 42.1 Å². The second-order valence-corrected chi connectivity index (χ2v) is 9.19. The summed E-state index contributed by atoms with van der Waals surface area (Å²) in [5.74, 6) is -1.41. The smallest absolute Gasteiger partial charge is 0.389 e. The van der Waals surface area contributed by atoms with Gasteiger partial charge in [0.25, 0.3) is 6.03 Å². The zero-order valence-corrected chi connectivity index (χ0v) is 21.4. The van der Waals surface area contributed by atoms with E-state index >= 15 is 0 Å². The number of esters is 2. The Kier molecular flexibility index (Phi) is 18.0. The van der Waals surface area contributed by atoms with Crippen LogP contribution in [0, 0.1) is 0 Å². The number of unbranched alkanes of at least 4 members (excludes halogenated alkanes) is 2. The zero-order valence-electron chi connectivity index (χ0n) is 20.5. The van der Waals surface area contributed by atoms with E-state index in [1.807, 2.05) is 27.7 Å². The molecule has 10 heteroatoms. The van der Waals surface area contributed by atoms with Crippen LogP contribution in [0.1, 0.15) is 79.1 Å². The Morgan fingerprint density at radius 3 is 1.85 bits per heavy atom. The van der Waals surface area contributed by atoms with E-state index in [1.165, 1.54) is 0 Å². The maximum atomic E-state index is 14.0. The molecule has 0 aromatic carbocycles. The van der Waals surface area contributed by atoms with Crippen molar-refractivity contribution >= 4 is 19.5 Å². The summed E-state index contributed by atoms with van der Waals surface area (Å²) in [6.07, 6.45) is 4.50. The van der Waals surface area contributed by atoms with Gasteiger partial charge in [0, 0.05) is 25.0 Å². The Balaban J connectivity index is 5.95. The highest BCUT2D eigenvalue weighted by atomic mass is 31.2. The van der Waals surface area contributed by atoms with Gasteiger partial charge in [-0.1, -0.05) is 66.5 Å². The molecule has 0 saturated heterocycles. The van der Waals surface area contributed by atoms with Crippen molar-refractivity contribution in [2.75, 3.05) is 13.2 Å². The van der Waals surface area contributed by atoms with Crippen molar-refractivity contribution < 1.29 is 42.1 Å². The summed E-state index contributed by atoms with van der Waals surface area (Å²) in [4.78, 5) is 23.5. The van der Waals surface area contributed by atoms with E-state index in [0.29, 0.717) is 32.1 Å². The largest absolute Gasteiger partial charge is 0.432 e. The first-order chi connectivity index (χ1) is 15.8. The summed E-state index contributed by atoms with van der Waals surface area (Å²) >= 11 is 0. The second-order valence-electron chi connectivity index (χ2n) is 7.22. The monoisotopic (exact) mass is 492 g/mol. The van der Waals surface area contributed by atoms with Gasteiger partial charge in [-0.15, -0.1) is 0 Å². The Morgan fingerprint density at radius 1 is 0.818 bits per heavy atom. The average Bonchev–Trinajstić information content (AvgIpc) is 2.78. The summed E-state index contributed by atoms with van der Waals surface area (Å²) < 4.78 is 47.4. The third-order valence-corrected chi connectivity index (χ3v) is 6.05. The van der Waals surface area contributed by atoms with E-state index in [9.17, 15) is 14.2 Å². The van der Waals surface area contributed by atoms with Crippen molar-refractivity contribution in [3.8, 4) is 0 Å². The number of carbonyl (C=O) groups excluding carboxylic acids is 2. The van der Waals surface area contributed by atoms with Crippen molar-refractivity contribution in [2.45, 2.75) is 97.7 Å². The molecule has 0 aliphatic heterocycles. The average molecular weight is 493 g/mol. The first-order valence-corrected chi connectivity index (χ1v) is 13.3. The Morgan fingerprint density at radius 2 is 1.33 bits per heavy atom. The molecule has 0 aliphatic carbocycles. The maximum Gasteiger partial charge on any atom is 0.389 e. The van der Waals surface area contributed by atoms with Crippen LogP contribution in [0.15, 0.2) is 25.3 Å². The highest BCUT2D eigenvalue weighted by Crippen LogP contribution is 2.56. The lowest BCUT2D eigenvalue weighted by Crippen LogP contribution is -2.32. The fourth-order valence-corrected chi connectivity index (χ4v) is 4.13. The van der Waals surface area contributed by atoms with Crippen molar-refractivity contribution in [3.63, 3.8) is 0 Å². The molecule has 0 N–H and O–H groups in total. The molecule has 0 rings (SSSR count). The summed E-state index contributed by atoms with van der Waals surface area (Å²) in [5.41, 5.74) is 0. The normalized spacial score (nSPS) is 15.6. The lowest BCUT2D eigenvalue weighted by atomic mass is 10.3. The minimum absolute atomic E-state index is 0.115. The molecular formula is C23H41O9P. The third-order valence-electron chi connectivity index (χ3n) is 4.20. The Labute approximate surface area is 198 Å². The number of carbonyl (C=O) groups is 2. The lowest BCUT2D eigenvalue weighted by molar-refractivity contribution is -0.223. The van der Waals surface area contributed by atoms with Crippen molar-refractivity contribution in [1.82, 2.24) is 0 Å². The van der Waals surface area contributed by atoms with E-state index in [-0.39, 0.29) is 19.6 Å². The van der Waals surface area contributed by atoms with Gasteiger partial charge >= 0.3 is 19.5 Å². The molecule has 192 valence electrons. The van der Waals surface area contributed by atoms with Crippen LogP contribution in [0.2, 0.25) is 0 Å². The first kappa shape index (κ1) is 31.5. The quantitative estimate of drug-likeness (QED) is 0.0642. The minimum Gasteiger partial charge on any atom is -0.432 e. The molecule has 0 saturated carbocycles. The fourth-order valence-electron chi connectivity index (χ4n) is 2.42. The standard InChI is InChI=1S/C23H41O9P/c1-7-13-17-27-23(31-21(15-9-3)29-19(24)11-5)33(26,28-18-14-8-2)32-22(16-10-4)30-20(25)12-6/h11-12,21-23H,5-10,13-18H2,1-4H3. The van der Waals surface area contributed by atoms with Crippen LogP contribution in [-0.4, -0.2) is 43.8 Å². The molecule has 33 heavy (non-hydrogen) atoms. The van der Waals surface area contributed by atoms with E-state index in [0.717, 1.165) is 25.0 Å². The molecule has 0 aliphatic rings. The molecule has 9 nitrogen and oxygen atoms in total. The molecule has 0 aromatic heterocycles. The number of hydrogen-bond acceptors (Lipinski definition) is 9. The molecule has 0 fully saturated rings. The second kappa shape index (κ2) is 18.9. The summed E-state index contributed by atoms with van der Waals surface area (Å²) in [6.45, 7) is 14.8. The van der Waals surface area contributed by atoms with Gasteiger partial charge in [0.05, 0.1) is 13.2 Å². The van der Waals surface area contributed by atoms with E-state index in [1.54, 1.807) is 0 Å². The van der Waals surface area contributed by atoms with Crippen LogP contribution in [0.4, 0.5) is 0 Å². The van der Waals surface area contributed by atoms with Crippen LogP contribution >= 0.6 is 7.60 Å². The van der Waals surface area contributed by atoms with Crippen LogP contribution in [0.5, 0.6) is 0 Å². The Hall–Kier alpha value is -1.51. The molecule has 0 radical (unpaired) electrons. The van der Waals surface area contributed by atoms with Gasteiger partial charge in [-0.05, 0) is 12.8 Å². The van der Waals surface area contributed by atoms with Gasteiger partial charge in [-0.3, -0.25) is 9.09 Å². The molecule has 0 heterocycles. The van der Waals surface area contributed by atoms with Gasteiger partial charge in [0.1, 0.15) is 0 Å². The number of ether oxygens (including phenoxy) is 4. The third kappa shape index (κ3) is 13.7. The van der Waals surface area contributed by atoms with Crippen molar-refractivity contribution in [1.29, 1.82) is 0 Å². The molecular weight excluding hydrogens is 451 g/mol. The first-order valence-electron chi connectivity index (χ1n) is 11.7. The predicted octanol–water partition coefficient (Wildman–Crippen LogP) is 5.84. The molecule has 0 spiro atoms. The van der Waals surface area contributed by atoms with Crippen LogP contribution in [0.25, 0.3) is 0 Å². The van der Waals surface area contributed by atoms with Crippen LogP contribution < -0.4 is 0 Å². The van der Waals surface area contributed by atoms with E-state index in [4.69, 9.17) is 28.0 Å². The molecule has 0 amide bonds. The highest BCUT2D eigenvalue weighted by molar-refractivity contribution is 7.54. The number of rotatable bonds is 21. The zero-order chi connectivity index (χ0) is 25.1. The van der Waals surface area contributed by atoms with E-state index < -0.39 is 38.1 Å².